The maximum Gasteiger partial charge on any atom is 0.352 e. The Balaban J connectivity index is 2.09. The molecule has 126 valence electrons. The van der Waals surface area contributed by atoms with E-state index in [1.165, 1.54) is 43.5 Å². The Morgan fingerprint density at radius 3 is 2.67 bits per heavy atom. The lowest BCUT2D eigenvalue weighted by Gasteiger charge is -2.15. The fourth-order valence-corrected chi connectivity index (χ4v) is 2.95. The molecule has 2 aromatic rings. The minimum atomic E-state index is -3.74. The number of anilines is 1. The SMILES string of the molecule is C[C@H](O)c1cccc2c1C(F)(F)C(=O)N2Cc1ccc(Cl)c[n+]1O. The Kier molecular flexibility index (Phi) is 3.93. The third-order valence-corrected chi connectivity index (χ3v) is 4.16. The topological polar surface area (TPSA) is 64.7 Å². The first kappa shape index (κ1) is 16.6. The van der Waals surface area contributed by atoms with Gasteiger partial charge in [-0.25, -0.2) is 0 Å². The Morgan fingerprint density at radius 1 is 1.33 bits per heavy atom. The molecule has 0 radical (unpaired) electrons. The number of pyridine rings is 1. The van der Waals surface area contributed by atoms with E-state index < -0.39 is 23.5 Å². The second-order valence-corrected chi connectivity index (χ2v) is 6.00. The highest BCUT2D eigenvalue weighted by Gasteiger charge is 2.54. The summed E-state index contributed by atoms with van der Waals surface area (Å²) in [6, 6.07) is 7.16. The summed E-state index contributed by atoms with van der Waals surface area (Å²) in [5.74, 6) is -5.14. The third kappa shape index (κ3) is 2.50. The van der Waals surface area contributed by atoms with Crippen molar-refractivity contribution < 1.29 is 28.6 Å². The number of benzene rings is 1. The standard InChI is InChI=1S/C16H14ClF2N2O3/c1-9(22)12-3-2-4-13-14(12)16(18,19)15(23)20(13)8-11-6-5-10(17)7-21(11)24/h2-7,9,22,24H,8H2,1H3/q+1/t9-/m0/s1. The molecule has 2 N–H and O–H groups in total. The van der Waals surface area contributed by atoms with E-state index in [1.54, 1.807) is 0 Å². The summed E-state index contributed by atoms with van der Waals surface area (Å²) in [6.45, 7) is 1.10. The van der Waals surface area contributed by atoms with Gasteiger partial charge in [-0.2, -0.15) is 8.78 Å². The van der Waals surface area contributed by atoms with Crippen LogP contribution in [0.2, 0.25) is 5.02 Å². The largest absolute Gasteiger partial charge is 0.389 e. The number of halogens is 3. The molecule has 0 spiro atoms. The van der Waals surface area contributed by atoms with Crippen molar-refractivity contribution in [2.45, 2.75) is 25.5 Å². The summed E-state index contributed by atoms with van der Waals surface area (Å²) in [6.07, 6.45) is 0.0554. The number of hydrogen-bond acceptors (Lipinski definition) is 3. The van der Waals surface area contributed by atoms with Gasteiger partial charge in [0.15, 0.2) is 0 Å². The van der Waals surface area contributed by atoms with Crippen LogP contribution in [0.4, 0.5) is 14.5 Å². The maximum atomic E-state index is 14.5. The average molecular weight is 356 g/mol. The smallest absolute Gasteiger partial charge is 0.352 e. The van der Waals surface area contributed by atoms with Crippen LogP contribution in [0.15, 0.2) is 36.5 Å². The molecule has 0 bridgehead atoms. The average Bonchev–Trinajstić information content (AvgIpc) is 2.70. The number of carbonyl (C=O) groups is 1. The van der Waals surface area contributed by atoms with Crippen LogP contribution in [0, 0.1) is 0 Å². The van der Waals surface area contributed by atoms with Gasteiger partial charge >= 0.3 is 11.8 Å². The predicted octanol–water partition coefficient (Wildman–Crippen LogP) is 2.56. The third-order valence-electron chi connectivity index (χ3n) is 3.94. The molecule has 1 aromatic heterocycles. The number of carbonyl (C=O) groups excluding carboxylic acids is 1. The minimum Gasteiger partial charge on any atom is -0.389 e. The summed E-state index contributed by atoms with van der Waals surface area (Å²) in [5, 5.41) is 19.8. The number of hydrogen-bond donors (Lipinski definition) is 2. The number of alkyl halides is 2. The van der Waals surface area contributed by atoms with Crippen molar-refractivity contribution in [3.8, 4) is 0 Å². The second-order valence-electron chi connectivity index (χ2n) is 5.57. The van der Waals surface area contributed by atoms with Crippen molar-refractivity contribution in [2.75, 3.05) is 4.90 Å². The van der Waals surface area contributed by atoms with E-state index in [9.17, 15) is 23.9 Å². The van der Waals surface area contributed by atoms with Crippen LogP contribution in [0.25, 0.3) is 0 Å². The van der Waals surface area contributed by atoms with Crippen molar-refractivity contribution >= 4 is 23.2 Å². The van der Waals surface area contributed by atoms with Gasteiger partial charge in [0, 0.05) is 10.8 Å². The number of amides is 1. The lowest BCUT2D eigenvalue weighted by molar-refractivity contribution is -0.909. The molecule has 1 amide bonds. The van der Waals surface area contributed by atoms with Crippen LogP contribution in [-0.2, 0) is 17.3 Å². The molecule has 2 heterocycles. The fourth-order valence-electron chi connectivity index (χ4n) is 2.80. The summed E-state index contributed by atoms with van der Waals surface area (Å²) in [7, 11) is 0. The van der Waals surface area contributed by atoms with E-state index in [1.807, 2.05) is 0 Å². The Labute approximate surface area is 141 Å². The number of nitrogens with zero attached hydrogens (tertiary/aromatic N) is 2. The Morgan fingerprint density at radius 2 is 2.04 bits per heavy atom. The van der Waals surface area contributed by atoms with Crippen LogP contribution in [0.1, 0.15) is 29.8 Å². The lowest BCUT2D eigenvalue weighted by Crippen LogP contribution is -2.41. The first-order valence-electron chi connectivity index (χ1n) is 7.14. The number of aromatic nitrogens is 1. The molecule has 1 atom stereocenters. The van der Waals surface area contributed by atoms with Gasteiger partial charge < -0.3 is 5.11 Å². The first-order valence-corrected chi connectivity index (χ1v) is 7.52. The first-order chi connectivity index (χ1) is 11.2. The number of fused-ring (bicyclic) bond motifs is 1. The molecule has 1 aliphatic rings. The van der Waals surface area contributed by atoms with Crippen molar-refractivity contribution in [2.24, 2.45) is 0 Å². The molecule has 0 fully saturated rings. The van der Waals surface area contributed by atoms with E-state index >= 15 is 0 Å². The molecule has 0 saturated carbocycles. The van der Waals surface area contributed by atoms with Gasteiger partial charge in [-0.15, -0.1) is 0 Å². The van der Waals surface area contributed by atoms with Crippen molar-refractivity contribution in [3.63, 3.8) is 0 Å². The highest BCUT2D eigenvalue weighted by molar-refractivity contribution is 6.30. The zero-order valence-corrected chi connectivity index (χ0v) is 13.3. The molecule has 3 rings (SSSR count). The van der Waals surface area contributed by atoms with Gasteiger partial charge in [-0.1, -0.05) is 23.7 Å². The summed E-state index contributed by atoms with van der Waals surface area (Å²) >= 11 is 5.74. The zero-order valence-electron chi connectivity index (χ0n) is 12.6. The van der Waals surface area contributed by atoms with Gasteiger partial charge in [0.2, 0.25) is 6.20 Å². The van der Waals surface area contributed by atoms with E-state index in [-0.39, 0.29) is 28.5 Å². The van der Waals surface area contributed by atoms with E-state index in [2.05, 4.69) is 0 Å². The zero-order chi connectivity index (χ0) is 17.6. The number of aliphatic hydroxyl groups excluding tert-OH is 1. The molecule has 0 aliphatic carbocycles. The minimum absolute atomic E-state index is 0.00123. The van der Waals surface area contributed by atoms with Crippen molar-refractivity contribution in [3.05, 3.63) is 58.4 Å². The fraction of sp³-hybridized carbons (Fsp3) is 0.250. The monoisotopic (exact) mass is 355 g/mol. The number of aliphatic hydroxyl groups is 1. The maximum absolute atomic E-state index is 14.5. The van der Waals surface area contributed by atoms with Gasteiger partial charge in [-0.3, -0.25) is 14.9 Å². The van der Waals surface area contributed by atoms with Crippen LogP contribution >= 0.6 is 11.6 Å². The predicted molar refractivity (Wildman–Crippen MR) is 81.0 cm³/mol. The van der Waals surface area contributed by atoms with E-state index in [0.29, 0.717) is 4.73 Å². The van der Waals surface area contributed by atoms with Crippen molar-refractivity contribution in [1.29, 1.82) is 0 Å². The normalized spacial score (nSPS) is 17.0. The summed E-state index contributed by atoms with van der Waals surface area (Å²) in [4.78, 5) is 13.1. The Hall–Kier alpha value is -2.25. The summed E-state index contributed by atoms with van der Waals surface area (Å²) in [5.41, 5.74) is -0.276. The molecule has 5 nitrogen and oxygen atoms in total. The molecule has 1 aromatic carbocycles. The van der Waals surface area contributed by atoms with E-state index in [4.69, 9.17) is 11.6 Å². The Bertz CT molecular complexity index is 827. The van der Waals surface area contributed by atoms with Crippen LogP contribution in [0.5, 0.6) is 0 Å². The van der Waals surface area contributed by atoms with Gasteiger partial charge in [0.05, 0.1) is 17.4 Å². The van der Waals surface area contributed by atoms with Crippen LogP contribution < -0.4 is 9.63 Å². The molecular formula is C16H14ClF2N2O3+. The lowest BCUT2D eigenvalue weighted by atomic mass is 9.98. The van der Waals surface area contributed by atoms with Gasteiger partial charge in [-0.05, 0) is 24.6 Å². The van der Waals surface area contributed by atoms with Crippen molar-refractivity contribution in [1.82, 2.24) is 0 Å². The quantitative estimate of drug-likeness (QED) is 0.657. The highest BCUT2D eigenvalue weighted by atomic mass is 35.5. The summed E-state index contributed by atoms with van der Waals surface area (Å²) < 4.78 is 29.6. The highest BCUT2D eigenvalue weighted by Crippen LogP contribution is 2.47. The molecular weight excluding hydrogens is 342 g/mol. The molecule has 0 unspecified atom stereocenters. The molecule has 24 heavy (non-hydrogen) atoms. The van der Waals surface area contributed by atoms with Gasteiger partial charge in [0.1, 0.15) is 11.6 Å². The number of rotatable bonds is 3. The molecule has 8 heteroatoms. The second kappa shape index (κ2) is 5.68. The molecule has 1 aliphatic heterocycles. The molecule has 0 saturated heterocycles. The van der Waals surface area contributed by atoms with Gasteiger partial charge in [0.25, 0.3) is 5.69 Å². The van der Waals surface area contributed by atoms with Crippen LogP contribution in [0.3, 0.4) is 0 Å². The van der Waals surface area contributed by atoms with E-state index in [0.717, 1.165) is 4.90 Å². The van der Waals surface area contributed by atoms with Crippen LogP contribution in [-0.4, -0.2) is 16.2 Å².